The molecule has 0 unspecified atom stereocenters. The van der Waals surface area contributed by atoms with E-state index in [1.165, 1.54) is 115 Å². The number of unbranched alkanes of at least 4 members (excludes halogenated alkanes) is 6. The van der Waals surface area contributed by atoms with Gasteiger partial charge in [-0.3, -0.25) is 4.98 Å². The summed E-state index contributed by atoms with van der Waals surface area (Å²) in [6, 6.07) is 25.4. The Morgan fingerprint density at radius 2 is 1.23 bits per heavy atom. The second-order valence-electron chi connectivity index (χ2n) is 11.8. The average Bonchev–Trinajstić information content (AvgIpc) is 3.75. The first-order chi connectivity index (χ1) is 21.2. The molecule has 43 heavy (non-hydrogen) atoms. The molecule has 0 bridgehead atoms. The molecule has 2 aromatic carbocycles. The number of benzene rings is 2. The third-order valence-corrected chi connectivity index (χ3v) is 11.4. The van der Waals surface area contributed by atoms with Crippen LogP contribution < -0.4 is 0 Å². The van der Waals surface area contributed by atoms with E-state index in [9.17, 15) is 0 Å². The highest BCUT2D eigenvalue weighted by Crippen LogP contribution is 2.46. The van der Waals surface area contributed by atoms with Gasteiger partial charge in [0.05, 0.1) is 0 Å². The van der Waals surface area contributed by atoms with Crippen molar-refractivity contribution in [1.82, 2.24) is 9.55 Å². The van der Waals surface area contributed by atoms with Crippen molar-refractivity contribution >= 4 is 44.5 Å². The molecule has 4 aromatic heterocycles. The molecule has 0 saturated heterocycles. The second-order valence-corrected chi connectivity index (χ2v) is 13.9. The van der Waals surface area contributed by atoms with Gasteiger partial charge in [0.25, 0.3) is 0 Å². The van der Waals surface area contributed by atoms with E-state index >= 15 is 0 Å². The van der Waals surface area contributed by atoms with Gasteiger partial charge in [0.15, 0.2) is 0 Å². The van der Waals surface area contributed by atoms with Crippen LogP contribution in [0.5, 0.6) is 0 Å². The smallest absolute Gasteiger partial charge is 0.0491 e. The Hall–Kier alpha value is -3.21. The van der Waals surface area contributed by atoms with E-state index in [4.69, 9.17) is 0 Å². The Morgan fingerprint density at radius 1 is 0.581 bits per heavy atom. The van der Waals surface area contributed by atoms with E-state index in [1.54, 1.807) is 0 Å². The van der Waals surface area contributed by atoms with Crippen molar-refractivity contribution in [3.8, 4) is 30.6 Å². The number of hydrogen-bond donors (Lipinski definition) is 0. The molecule has 0 atom stereocenters. The van der Waals surface area contributed by atoms with Crippen molar-refractivity contribution in [2.24, 2.45) is 0 Å². The predicted molar refractivity (Wildman–Crippen MR) is 191 cm³/mol. The van der Waals surface area contributed by atoms with Gasteiger partial charge in [-0.1, -0.05) is 76.6 Å². The van der Waals surface area contributed by atoms with Crippen LogP contribution in [-0.4, -0.2) is 9.55 Å². The fourth-order valence-corrected chi connectivity index (χ4v) is 9.03. The van der Waals surface area contributed by atoms with Gasteiger partial charge in [-0.25, -0.2) is 0 Å². The van der Waals surface area contributed by atoms with E-state index < -0.39 is 0 Å². The van der Waals surface area contributed by atoms with Crippen molar-refractivity contribution in [2.75, 3.05) is 0 Å². The summed E-state index contributed by atoms with van der Waals surface area (Å²) in [5.41, 5.74) is 8.32. The highest BCUT2D eigenvalue weighted by Gasteiger charge is 2.19. The Kier molecular flexibility index (Phi) is 9.75. The molecular weight excluding hydrogens is 561 g/mol. The summed E-state index contributed by atoms with van der Waals surface area (Å²) in [5, 5.41) is 2.71. The maximum Gasteiger partial charge on any atom is 0.0491 e. The Labute approximate surface area is 265 Å². The van der Waals surface area contributed by atoms with Crippen LogP contribution in [0.1, 0.15) is 83.3 Å². The van der Waals surface area contributed by atoms with E-state index in [2.05, 4.69) is 97.1 Å². The van der Waals surface area contributed by atoms with Crippen LogP contribution in [0.4, 0.5) is 0 Å². The highest BCUT2D eigenvalue weighted by molar-refractivity contribution is 7.25. The van der Waals surface area contributed by atoms with Crippen LogP contribution in [0.25, 0.3) is 52.4 Å². The minimum Gasteiger partial charge on any atom is -0.341 e. The first-order valence-electron chi connectivity index (χ1n) is 16.4. The lowest BCUT2D eigenvalue weighted by molar-refractivity contribution is 0.667. The monoisotopic (exact) mass is 604 g/mol. The highest BCUT2D eigenvalue weighted by atomic mass is 32.1. The molecule has 0 aliphatic rings. The van der Waals surface area contributed by atoms with E-state index in [-0.39, 0.29) is 0 Å². The maximum atomic E-state index is 4.30. The number of thiophene rings is 2. The molecule has 4 heterocycles. The molecule has 6 aromatic rings. The number of hydrogen-bond acceptors (Lipinski definition) is 3. The minimum atomic E-state index is 0.980. The van der Waals surface area contributed by atoms with Gasteiger partial charge >= 0.3 is 0 Å². The van der Waals surface area contributed by atoms with Crippen LogP contribution in [0.2, 0.25) is 0 Å². The number of rotatable bonds is 14. The van der Waals surface area contributed by atoms with Gasteiger partial charge in [0, 0.05) is 60.3 Å². The number of para-hydroxylation sites is 1. The molecule has 0 aliphatic carbocycles. The van der Waals surface area contributed by atoms with E-state index in [1.807, 2.05) is 35.1 Å². The van der Waals surface area contributed by atoms with Gasteiger partial charge in [0.1, 0.15) is 0 Å². The summed E-state index contributed by atoms with van der Waals surface area (Å²) < 4.78 is 2.45. The van der Waals surface area contributed by atoms with Crippen LogP contribution >= 0.6 is 22.7 Å². The zero-order chi connectivity index (χ0) is 29.6. The lowest BCUT2D eigenvalue weighted by Gasteiger charge is -2.03. The molecule has 0 spiro atoms. The number of aromatic nitrogens is 2. The van der Waals surface area contributed by atoms with Gasteiger partial charge in [-0.2, -0.15) is 0 Å². The normalized spacial score (nSPS) is 11.7. The summed E-state index contributed by atoms with van der Waals surface area (Å²) in [7, 11) is 0. The van der Waals surface area contributed by atoms with Crippen molar-refractivity contribution in [3.05, 3.63) is 90.3 Å². The minimum absolute atomic E-state index is 0.980. The third kappa shape index (κ3) is 6.37. The second kappa shape index (κ2) is 14.1. The molecule has 222 valence electrons. The molecule has 0 aliphatic heterocycles. The standard InChI is InChI=1S/C39H44N2S2/c1-4-7-9-11-15-30-27-37(43-38(30)28-21-23-40-24-22-28)39-31(16-12-10-8-5-2)26-36(42-39)29-19-20-35-33(25-29)32-17-13-14-18-34(32)41(35)6-3/h13-14,17-27H,4-12,15-16H2,1-3H3. The summed E-state index contributed by atoms with van der Waals surface area (Å²) >= 11 is 3.98. The van der Waals surface area contributed by atoms with Crippen LogP contribution in [0.3, 0.4) is 0 Å². The largest absolute Gasteiger partial charge is 0.341 e. The van der Waals surface area contributed by atoms with Crippen molar-refractivity contribution in [1.29, 1.82) is 0 Å². The molecule has 0 saturated carbocycles. The van der Waals surface area contributed by atoms with Crippen molar-refractivity contribution < 1.29 is 0 Å². The molecule has 0 amide bonds. The van der Waals surface area contributed by atoms with Gasteiger partial charge < -0.3 is 4.57 Å². The molecule has 0 N–H and O–H groups in total. The van der Waals surface area contributed by atoms with Gasteiger partial charge in [0.2, 0.25) is 0 Å². The van der Waals surface area contributed by atoms with Crippen LogP contribution in [0.15, 0.2) is 79.1 Å². The Morgan fingerprint density at radius 3 is 1.95 bits per heavy atom. The number of pyridine rings is 1. The van der Waals surface area contributed by atoms with Gasteiger partial charge in [-0.15, -0.1) is 22.7 Å². The zero-order valence-electron chi connectivity index (χ0n) is 26.0. The first-order valence-corrected chi connectivity index (χ1v) is 18.0. The Bertz CT molecular complexity index is 1790. The topological polar surface area (TPSA) is 17.8 Å². The lowest BCUT2D eigenvalue weighted by atomic mass is 10.0. The molecule has 4 heteroatoms. The summed E-state index contributed by atoms with van der Waals surface area (Å²) in [4.78, 5) is 10.0. The number of nitrogens with zero attached hydrogens (tertiary/aromatic N) is 2. The fourth-order valence-electron chi connectivity index (χ4n) is 6.47. The van der Waals surface area contributed by atoms with E-state index in [0.29, 0.717) is 0 Å². The summed E-state index contributed by atoms with van der Waals surface area (Å²) in [5.74, 6) is 0. The van der Waals surface area contributed by atoms with Crippen LogP contribution in [-0.2, 0) is 19.4 Å². The van der Waals surface area contributed by atoms with Gasteiger partial charge in [-0.05, 0) is 97.3 Å². The molecule has 2 nitrogen and oxygen atoms in total. The molecule has 6 rings (SSSR count). The van der Waals surface area contributed by atoms with Crippen LogP contribution in [0, 0.1) is 0 Å². The number of fused-ring (bicyclic) bond motifs is 3. The van der Waals surface area contributed by atoms with Crippen molar-refractivity contribution in [3.63, 3.8) is 0 Å². The van der Waals surface area contributed by atoms with Crippen molar-refractivity contribution in [2.45, 2.75) is 91.5 Å². The van der Waals surface area contributed by atoms with E-state index in [0.717, 1.165) is 19.4 Å². The first kappa shape index (κ1) is 29.8. The number of aryl methyl sites for hydroxylation is 3. The molecule has 0 fully saturated rings. The molecule has 0 radical (unpaired) electrons. The molecular formula is C39H44N2S2. The fraction of sp³-hybridized carbons (Fsp3) is 0.359. The Balaban J connectivity index is 1.42. The zero-order valence-corrected chi connectivity index (χ0v) is 27.6. The summed E-state index contributed by atoms with van der Waals surface area (Å²) in [6.07, 6.45) is 16.5. The maximum absolute atomic E-state index is 4.30. The lowest BCUT2D eigenvalue weighted by Crippen LogP contribution is -1.92. The SMILES string of the molecule is CCCCCCc1cc(-c2sc(-c3ccc4c(c3)c3ccccc3n4CC)cc2CCCCCC)sc1-c1ccncc1. The third-order valence-electron chi connectivity index (χ3n) is 8.76. The quantitative estimate of drug-likeness (QED) is 0.113. The average molecular weight is 605 g/mol. The summed E-state index contributed by atoms with van der Waals surface area (Å²) in [6.45, 7) is 7.82. The predicted octanol–water partition coefficient (Wildman–Crippen LogP) is 12.6.